The normalized spacial score (nSPS) is 12.2. The zero-order valence-electron chi connectivity index (χ0n) is 13.7. The van der Waals surface area contributed by atoms with Gasteiger partial charge in [-0.15, -0.1) is 11.6 Å². The van der Waals surface area contributed by atoms with Crippen LogP contribution in [0.3, 0.4) is 0 Å². The molecule has 0 bridgehead atoms. The minimum atomic E-state index is -0.111. The van der Waals surface area contributed by atoms with Gasteiger partial charge in [-0.2, -0.15) is 5.10 Å². The van der Waals surface area contributed by atoms with Crippen LogP contribution in [0.1, 0.15) is 29.8 Å². The molecule has 0 N–H and O–H groups in total. The van der Waals surface area contributed by atoms with E-state index in [0.717, 1.165) is 16.8 Å². The average Bonchev–Trinajstić information content (AvgIpc) is 2.98. The van der Waals surface area contributed by atoms with E-state index >= 15 is 0 Å². The molecule has 1 atom stereocenters. The van der Waals surface area contributed by atoms with Crippen molar-refractivity contribution in [3.8, 4) is 0 Å². The van der Waals surface area contributed by atoms with Crippen LogP contribution in [-0.2, 0) is 29.7 Å². The van der Waals surface area contributed by atoms with E-state index in [1.165, 1.54) is 0 Å². The van der Waals surface area contributed by atoms with Gasteiger partial charge < -0.3 is 9.64 Å². The topological polar surface area (TPSA) is 47.4 Å². The zero-order valence-corrected chi connectivity index (χ0v) is 14.5. The highest BCUT2D eigenvalue weighted by atomic mass is 35.5. The second-order valence-electron chi connectivity index (χ2n) is 5.46. The lowest BCUT2D eigenvalue weighted by Gasteiger charge is -2.29. The Bertz CT molecular complexity index is 657. The quantitative estimate of drug-likeness (QED) is 0.731. The van der Waals surface area contributed by atoms with Crippen LogP contribution in [0, 0.1) is 0 Å². The second kappa shape index (κ2) is 8.13. The van der Waals surface area contributed by atoms with Gasteiger partial charge in [-0.05, 0) is 24.1 Å². The molecule has 5 nitrogen and oxygen atoms in total. The maximum atomic E-state index is 12.3. The fourth-order valence-corrected chi connectivity index (χ4v) is 2.81. The van der Waals surface area contributed by atoms with E-state index in [2.05, 4.69) is 5.10 Å². The fourth-order valence-electron chi connectivity index (χ4n) is 2.65. The van der Waals surface area contributed by atoms with Crippen LogP contribution in [0.15, 0.2) is 36.5 Å². The van der Waals surface area contributed by atoms with Gasteiger partial charge in [0.25, 0.3) is 0 Å². The molecule has 1 amide bonds. The van der Waals surface area contributed by atoms with Crippen molar-refractivity contribution < 1.29 is 9.53 Å². The summed E-state index contributed by atoms with van der Waals surface area (Å²) in [7, 11) is 3.54. The highest BCUT2D eigenvalue weighted by Gasteiger charge is 2.23. The van der Waals surface area contributed by atoms with Crippen molar-refractivity contribution in [2.75, 3.05) is 13.0 Å². The summed E-state index contributed by atoms with van der Waals surface area (Å²) >= 11 is 5.81. The van der Waals surface area contributed by atoms with Crippen LogP contribution < -0.4 is 0 Å². The Morgan fingerprint density at radius 3 is 2.74 bits per heavy atom. The first-order valence-corrected chi connectivity index (χ1v) is 8.00. The Morgan fingerprint density at radius 1 is 1.39 bits per heavy atom. The van der Waals surface area contributed by atoms with Crippen molar-refractivity contribution in [2.24, 2.45) is 7.05 Å². The Labute approximate surface area is 141 Å². The summed E-state index contributed by atoms with van der Waals surface area (Å²) in [5.41, 5.74) is 3.10. The lowest BCUT2D eigenvalue weighted by molar-refractivity contribution is -0.131. The minimum Gasteiger partial charge on any atom is -0.380 e. The van der Waals surface area contributed by atoms with Crippen LogP contribution in [0.2, 0.25) is 0 Å². The van der Waals surface area contributed by atoms with Crippen LogP contribution in [0.5, 0.6) is 0 Å². The number of aromatic nitrogens is 2. The molecular formula is C17H22ClN3O2. The maximum Gasteiger partial charge on any atom is 0.238 e. The molecule has 0 fully saturated rings. The van der Waals surface area contributed by atoms with Gasteiger partial charge in [0.1, 0.15) is 5.88 Å². The number of rotatable bonds is 7. The summed E-state index contributed by atoms with van der Waals surface area (Å²) < 4.78 is 6.94. The predicted octanol–water partition coefficient (Wildman–Crippen LogP) is 2.90. The van der Waals surface area contributed by atoms with Gasteiger partial charge in [0.05, 0.1) is 18.3 Å². The number of halogens is 1. The van der Waals surface area contributed by atoms with Crippen LogP contribution in [-0.4, -0.2) is 33.6 Å². The van der Waals surface area contributed by atoms with Gasteiger partial charge in [-0.3, -0.25) is 9.48 Å². The summed E-state index contributed by atoms with van der Waals surface area (Å²) in [5.74, 6) is -0.141. The standard InChI is InChI=1S/C17H22ClN3O2/c1-13(16-7-8-19-20(16)2)21(17(22)10-18)11-14-5-4-6-15(9-14)12-23-3/h4-9,13H,10-12H2,1-3H3. The largest absolute Gasteiger partial charge is 0.380 e. The van der Waals surface area contributed by atoms with Gasteiger partial charge >= 0.3 is 0 Å². The molecule has 1 aromatic heterocycles. The molecule has 0 radical (unpaired) electrons. The van der Waals surface area contributed by atoms with Crippen molar-refractivity contribution in [2.45, 2.75) is 26.1 Å². The molecule has 1 aromatic carbocycles. The number of benzene rings is 1. The molecule has 0 aliphatic carbocycles. The van der Waals surface area contributed by atoms with Crippen molar-refractivity contribution in [1.29, 1.82) is 0 Å². The van der Waals surface area contributed by atoms with Crippen LogP contribution in [0.25, 0.3) is 0 Å². The number of hydrogen-bond acceptors (Lipinski definition) is 3. The summed E-state index contributed by atoms with van der Waals surface area (Å²) in [4.78, 5) is 14.1. The molecule has 0 saturated heterocycles. The molecule has 23 heavy (non-hydrogen) atoms. The zero-order chi connectivity index (χ0) is 16.8. The second-order valence-corrected chi connectivity index (χ2v) is 5.73. The van der Waals surface area contributed by atoms with Crippen molar-refractivity contribution in [1.82, 2.24) is 14.7 Å². The van der Waals surface area contributed by atoms with E-state index < -0.39 is 0 Å². The Balaban J connectivity index is 2.24. The number of carbonyl (C=O) groups is 1. The number of nitrogens with zero attached hydrogens (tertiary/aromatic N) is 3. The molecule has 124 valence electrons. The molecule has 2 aromatic rings. The molecule has 2 rings (SSSR count). The van der Waals surface area contributed by atoms with E-state index in [9.17, 15) is 4.79 Å². The first-order valence-electron chi connectivity index (χ1n) is 7.47. The number of ether oxygens (including phenoxy) is 1. The van der Waals surface area contributed by atoms with Gasteiger partial charge in [0, 0.05) is 26.9 Å². The number of methoxy groups -OCH3 is 1. The molecular weight excluding hydrogens is 314 g/mol. The molecule has 0 spiro atoms. The first-order chi connectivity index (χ1) is 11.1. The molecule has 1 unspecified atom stereocenters. The number of alkyl halides is 1. The fraction of sp³-hybridized carbons (Fsp3) is 0.412. The number of carbonyl (C=O) groups excluding carboxylic acids is 1. The summed E-state index contributed by atoms with van der Waals surface area (Å²) in [5, 5.41) is 4.18. The van der Waals surface area contributed by atoms with Gasteiger partial charge in [0.15, 0.2) is 0 Å². The van der Waals surface area contributed by atoms with Crippen LogP contribution in [0.4, 0.5) is 0 Å². The average molecular weight is 336 g/mol. The third-order valence-corrected chi connectivity index (χ3v) is 4.07. The monoisotopic (exact) mass is 335 g/mol. The lowest BCUT2D eigenvalue weighted by atomic mass is 10.1. The SMILES string of the molecule is COCc1cccc(CN(C(=O)CCl)C(C)c2ccnn2C)c1. The Hall–Kier alpha value is -1.85. The van der Waals surface area contributed by atoms with E-state index in [4.69, 9.17) is 16.3 Å². The van der Waals surface area contributed by atoms with Gasteiger partial charge in [0.2, 0.25) is 5.91 Å². The molecule has 0 aliphatic rings. The van der Waals surface area contributed by atoms with E-state index in [1.54, 1.807) is 22.9 Å². The number of hydrogen-bond donors (Lipinski definition) is 0. The molecule has 6 heteroatoms. The Kier molecular flexibility index (Phi) is 6.19. The summed E-state index contributed by atoms with van der Waals surface area (Å²) in [6.45, 7) is 3.03. The lowest BCUT2D eigenvalue weighted by Crippen LogP contribution is -2.35. The Morgan fingerprint density at radius 2 is 2.13 bits per heavy atom. The highest BCUT2D eigenvalue weighted by Crippen LogP contribution is 2.23. The minimum absolute atomic E-state index is 0.0417. The maximum absolute atomic E-state index is 12.3. The molecule has 1 heterocycles. The van der Waals surface area contributed by atoms with E-state index in [0.29, 0.717) is 13.2 Å². The van der Waals surface area contributed by atoms with Gasteiger partial charge in [-0.1, -0.05) is 24.3 Å². The number of aryl methyl sites for hydroxylation is 1. The molecule has 0 aliphatic heterocycles. The summed E-state index contributed by atoms with van der Waals surface area (Å²) in [6, 6.07) is 9.84. The van der Waals surface area contributed by atoms with Crippen molar-refractivity contribution >= 4 is 17.5 Å². The third kappa shape index (κ3) is 4.33. The van der Waals surface area contributed by atoms with Crippen molar-refractivity contribution in [3.63, 3.8) is 0 Å². The molecule has 0 saturated carbocycles. The predicted molar refractivity (Wildman–Crippen MR) is 90.0 cm³/mol. The van der Waals surface area contributed by atoms with E-state index in [1.807, 2.05) is 44.3 Å². The third-order valence-electron chi connectivity index (χ3n) is 3.84. The highest BCUT2D eigenvalue weighted by molar-refractivity contribution is 6.27. The van der Waals surface area contributed by atoms with Crippen LogP contribution >= 0.6 is 11.6 Å². The first kappa shape index (κ1) is 17.5. The summed E-state index contributed by atoms with van der Waals surface area (Å²) in [6.07, 6.45) is 1.73. The van der Waals surface area contributed by atoms with E-state index in [-0.39, 0.29) is 17.8 Å². The van der Waals surface area contributed by atoms with Gasteiger partial charge in [-0.25, -0.2) is 0 Å². The number of amides is 1. The van der Waals surface area contributed by atoms with Crippen molar-refractivity contribution in [3.05, 3.63) is 53.3 Å². The smallest absolute Gasteiger partial charge is 0.238 e.